The number of H-pyrrole nitrogens is 1. The minimum Gasteiger partial charge on any atom is -0.382 e. The van der Waals surface area contributed by atoms with E-state index in [0.717, 1.165) is 43.0 Å². The first kappa shape index (κ1) is 11.2. The summed E-state index contributed by atoms with van der Waals surface area (Å²) in [4.78, 5) is 4.37. The van der Waals surface area contributed by atoms with E-state index in [9.17, 15) is 0 Å². The van der Waals surface area contributed by atoms with Crippen LogP contribution in [-0.4, -0.2) is 28.4 Å². The van der Waals surface area contributed by atoms with Gasteiger partial charge in [-0.05, 0) is 25.0 Å². The minimum atomic E-state index is 0.431. The van der Waals surface area contributed by atoms with E-state index in [1.54, 1.807) is 6.20 Å². The second-order valence-electron chi connectivity index (χ2n) is 4.50. The first-order valence-corrected chi connectivity index (χ1v) is 6.19. The predicted molar refractivity (Wildman–Crippen MR) is 69.0 cm³/mol. The molecule has 18 heavy (non-hydrogen) atoms. The standard InChI is InChI=1S/C13H16N4O/c14-13-11(10-3-1-2-6-15-10)12(16-17-13)9-4-7-18-8-5-9/h1-3,6,9H,4-5,7-8H2,(H3,14,16,17). The molecule has 2 aromatic rings. The van der Waals surface area contributed by atoms with Gasteiger partial charge in [0.1, 0.15) is 0 Å². The average Bonchev–Trinajstić information content (AvgIpc) is 2.83. The van der Waals surface area contributed by atoms with Crippen LogP contribution in [0.2, 0.25) is 0 Å². The summed E-state index contributed by atoms with van der Waals surface area (Å²) < 4.78 is 5.39. The Hall–Kier alpha value is -1.88. The molecule has 3 heterocycles. The highest BCUT2D eigenvalue weighted by Gasteiger charge is 2.23. The van der Waals surface area contributed by atoms with Gasteiger partial charge in [0.25, 0.3) is 0 Å². The van der Waals surface area contributed by atoms with Crippen LogP contribution in [0.4, 0.5) is 5.82 Å². The Balaban J connectivity index is 2.01. The molecule has 1 saturated heterocycles. The van der Waals surface area contributed by atoms with Crippen LogP contribution in [0.1, 0.15) is 24.5 Å². The third-order valence-corrected chi connectivity index (χ3v) is 3.37. The van der Waals surface area contributed by atoms with Crippen LogP contribution in [0.15, 0.2) is 24.4 Å². The zero-order valence-electron chi connectivity index (χ0n) is 10.1. The first-order valence-electron chi connectivity index (χ1n) is 6.19. The van der Waals surface area contributed by atoms with Gasteiger partial charge in [-0.25, -0.2) is 0 Å². The number of pyridine rings is 1. The Morgan fingerprint density at radius 1 is 1.28 bits per heavy atom. The topological polar surface area (TPSA) is 76.8 Å². The van der Waals surface area contributed by atoms with Gasteiger partial charge in [-0.15, -0.1) is 0 Å². The maximum atomic E-state index is 5.97. The van der Waals surface area contributed by atoms with E-state index in [4.69, 9.17) is 10.5 Å². The monoisotopic (exact) mass is 244 g/mol. The van der Waals surface area contributed by atoms with Crippen molar-refractivity contribution >= 4 is 5.82 Å². The van der Waals surface area contributed by atoms with Gasteiger partial charge < -0.3 is 10.5 Å². The highest BCUT2D eigenvalue weighted by atomic mass is 16.5. The fourth-order valence-corrected chi connectivity index (χ4v) is 2.43. The van der Waals surface area contributed by atoms with Crippen LogP contribution in [0, 0.1) is 0 Å². The lowest BCUT2D eigenvalue weighted by Crippen LogP contribution is -2.15. The van der Waals surface area contributed by atoms with Crippen LogP contribution in [0.5, 0.6) is 0 Å². The number of hydrogen-bond acceptors (Lipinski definition) is 4. The van der Waals surface area contributed by atoms with Gasteiger partial charge >= 0.3 is 0 Å². The molecule has 0 aliphatic carbocycles. The summed E-state index contributed by atoms with van der Waals surface area (Å²) in [6.45, 7) is 1.59. The number of aromatic amines is 1. The Labute approximate surface area is 105 Å². The zero-order valence-corrected chi connectivity index (χ0v) is 10.1. The number of rotatable bonds is 2. The number of nitrogen functional groups attached to an aromatic ring is 1. The minimum absolute atomic E-state index is 0.431. The normalized spacial score (nSPS) is 16.9. The molecule has 3 N–H and O–H groups in total. The summed E-state index contributed by atoms with van der Waals surface area (Å²) in [6.07, 6.45) is 3.78. The Morgan fingerprint density at radius 2 is 2.11 bits per heavy atom. The number of ether oxygens (including phenoxy) is 1. The third kappa shape index (κ3) is 1.97. The molecule has 0 radical (unpaired) electrons. The maximum Gasteiger partial charge on any atom is 0.154 e. The summed E-state index contributed by atoms with van der Waals surface area (Å²) in [5, 5.41) is 7.21. The van der Waals surface area contributed by atoms with Gasteiger partial charge in [0.05, 0.1) is 17.0 Å². The molecule has 94 valence electrons. The van der Waals surface area contributed by atoms with Crippen molar-refractivity contribution in [1.82, 2.24) is 15.2 Å². The zero-order chi connectivity index (χ0) is 12.4. The lowest BCUT2D eigenvalue weighted by molar-refractivity contribution is 0.0846. The molecule has 1 aliphatic rings. The number of nitrogens with two attached hydrogens (primary N) is 1. The molecule has 0 amide bonds. The molecule has 2 aromatic heterocycles. The van der Waals surface area contributed by atoms with Crippen molar-refractivity contribution in [1.29, 1.82) is 0 Å². The van der Waals surface area contributed by atoms with Crippen molar-refractivity contribution in [2.75, 3.05) is 18.9 Å². The Kier molecular flexibility index (Phi) is 2.98. The van der Waals surface area contributed by atoms with E-state index in [1.165, 1.54) is 0 Å². The van der Waals surface area contributed by atoms with Crippen molar-refractivity contribution < 1.29 is 4.74 Å². The Morgan fingerprint density at radius 3 is 2.83 bits per heavy atom. The van der Waals surface area contributed by atoms with Crippen LogP contribution < -0.4 is 5.73 Å². The first-order chi connectivity index (χ1) is 8.86. The largest absolute Gasteiger partial charge is 0.382 e. The SMILES string of the molecule is Nc1n[nH]c(C2CCOCC2)c1-c1ccccn1. The molecule has 0 aromatic carbocycles. The molecule has 3 rings (SSSR count). The highest BCUT2D eigenvalue weighted by Crippen LogP contribution is 2.35. The van der Waals surface area contributed by atoms with Crippen molar-refractivity contribution in [3.63, 3.8) is 0 Å². The summed E-state index contributed by atoms with van der Waals surface area (Å²) in [5.41, 5.74) is 8.89. The molecule has 0 bridgehead atoms. The Bertz CT molecular complexity index is 517. The van der Waals surface area contributed by atoms with Crippen LogP contribution in [-0.2, 0) is 4.74 Å². The second-order valence-corrected chi connectivity index (χ2v) is 4.50. The van der Waals surface area contributed by atoms with Crippen molar-refractivity contribution in [3.05, 3.63) is 30.1 Å². The molecular weight excluding hydrogens is 228 g/mol. The smallest absolute Gasteiger partial charge is 0.154 e. The van der Waals surface area contributed by atoms with E-state index < -0.39 is 0 Å². The second kappa shape index (κ2) is 4.78. The quantitative estimate of drug-likeness (QED) is 0.846. The predicted octanol–water partition coefficient (Wildman–Crippen LogP) is 1.95. The summed E-state index contributed by atoms with van der Waals surface area (Å²) in [6, 6.07) is 5.82. The summed E-state index contributed by atoms with van der Waals surface area (Å²) >= 11 is 0. The molecule has 1 fully saturated rings. The van der Waals surface area contributed by atoms with E-state index in [1.807, 2.05) is 18.2 Å². The van der Waals surface area contributed by atoms with Gasteiger partial charge in [0, 0.05) is 25.3 Å². The lowest BCUT2D eigenvalue weighted by Gasteiger charge is -2.21. The number of aromatic nitrogens is 3. The van der Waals surface area contributed by atoms with Crippen molar-refractivity contribution in [2.24, 2.45) is 0 Å². The van der Waals surface area contributed by atoms with Gasteiger partial charge in [-0.1, -0.05) is 6.07 Å². The average molecular weight is 244 g/mol. The molecule has 0 spiro atoms. The number of nitrogens with zero attached hydrogens (tertiary/aromatic N) is 2. The maximum absolute atomic E-state index is 5.97. The number of nitrogens with one attached hydrogen (secondary N) is 1. The van der Waals surface area contributed by atoms with Gasteiger partial charge in [0.2, 0.25) is 0 Å². The van der Waals surface area contributed by atoms with Gasteiger partial charge in [-0.2, -0.15) is 5.10 Å². The summed E-state index contributed by atoms with van der Waals surface area (Å²) in [5.74, 6) is 0.954. The molecule has 0 saturated carbocycles. The van der Waals surface area contributed by atoms with Crippen LogP contribution in [0.25, 0.3) is 11.3 Å². The molecule has 0 atom stereocenters. The third-order valence-electron chi connectivity index (χ3n) is 3.37. The summed E-state index contributed by atoms with van der Waals surface area (Å²) in [7, 11) is 0. The molecule has 0 unspecified atom stereocenters. The van der Waals surface area contributed by atoms with Gasteiger partial charge in [0.15, 0.2) is 5.82 Å². The fourth-order valence-electron chi connectivity index (χ4n) is 2.43. The van der Waals surface area contributed by atoms with Crippen LogP contribution in [0.3, 0.4) is 0 Å². The van der Waals surface area contributed by atoms with E-state index in [0.29, 0.717) is 11.7 Å². The highest BCUT2D eigenvalue weighted by molar-refractivity contribution is 5.73. The fraction of sp³-hybridized carbons (Fsp3) is 0.385. The van der Waals surface area contributed by atoms with E-state index >= 15 is 0 Å². The van der Waals surface area contributed by atoms with Crippen LogP contribution >= 0.6 is 0 Å². The number of hydrogen-bond donors (Lipinski definition) is 2. The molecule has 5 nitrogen and oxygen atoms in total. The van der Waals surface area contributed by atoms with E-state index in [2.05, 4.69) is 15.2 Å². The molecule has 1 aliphatic heterocycles. The molecular formula is C13H16N4O. The van der Waals surface area contributed by atoms with E-state index in [-0.39, 0.29) is 0 Å². The number of anilines is 1. The molecule has 5 heteroatoms. The van der Waals surface area contributed by atoms with Crippen molar-refractivity contribution in [2.45, 2.75) is 18.8 Å². The van der Waals surface area contributed by atoms with Gasteiger partial charge in [-0.3, -0.25) is 10.1 Å². The lowest BCUT2D eigenvalue weighted by atomic mass is 9.92. The van der Waals surface area contributed by atoms with Crippen molar-refractivity contribution in [3.8, 4) is 11.3 Å².